The Balaban J connectivity index is 3.00. The average Bonchev–Trinajstić information content (AvgIpc) is 2.39. The van der Waals surface area contributed by atoms with Crippen molar-refractivity contribution in [3.63, 3.8) is 0 Å². The molecular weight excluding hydrogens is 256 g/mol. The number of benzene rings is 1. The number of hydrogen-bond donors (Lipinski definition) is 0. The second kappa shape index (κ2) is 7.90. The Hall–Kier alpha value is -1.55. The summed E-state index contributed by atoms with van der Waals surface area (Å²) in [6, 6.07) is 5.69. The van der Waals surface area contributed by atoms with Crippen LogP contribution in [0.2, 0.25) is 0 Å². The highest BCUT2D eigenvalue weighted by Gasteiger charge is 2.14. The van der Waals surface area contributed by atoms with Crippen LogP contribution in [0.1, 0.15) is 52.5 Å². The second-order valence-electron chi connectivity index (χ2n) is 4.75. The van der Waals surface area contributed by atoms with Gasteiger partial charge in [0.2, 0.25) is 0 Å². The van der Waals surface area contributed by atoms with Crippen molar-refractivity contribution >= 4 is 5.97 Å². The molecule has 0 aliphatic carbocycles. The molecule has 0 fully saturated rings. The third-order valence-electron chi connectivity index (χ3n) is 3.10. The van der Waals surface area contributed by atoms with Gasteiger partial charge in [-0.2, -0.15) is 0 Å². The van der Waals surface area contributed by atoms with Crippen molar-refractivity contribution < 1.29 is 19.0 Å². The van der Waals surface area contributed by atoms with Gasteiger partial charge in [-0.05, 0) is 43.9 Å². The summed E-state index contributed by atoms with van der Waals surface area (Å²) in [5, 5.41) is 0. The van der Waals surface area contributed by atoms with Crippen LogP contribution >= 0.6 is 0 Å². The van der Waals surface area contributed by atoms with E-state index < -0.39 is 0 Å². The highest BCUT2D eigenvalue weighted by molar-refractivity contribution is 5.70. The SMILES string of the molecule is CCOC(C)Oc1ccc(C(C)CC)cc1OC(C)=O. The number of ether oxygens (including phenoxy) is 3. The van der Waals surface area contributed by atoms with Gasteiger partial charge in [-0.25, -0.2) is 0 Å². The fourth-order valence-electron chi connectivity index (χ4n) is 1.85. The van der Waals surface area contributed by atoms with E-state index in [-0.39, 0.29) is 12.3 Å². The van der Waals surface area contributed by atoms with Crippen molar-refractivity contribution in [3.05, 3.63) is 23.8 Å². The Morgan fingerprint density at radius 2 is 1.90 bits per heavy atom. The molecule has 1 aromatic rings. The summed E-state index contributed by atoms with van der Waals surface area (Å²) in [7, 11) is 0. The minimum Gasteiger partial charge on any atom is -0.461 e. The molecule has 1 aromatic carbocycles. The van der Waals surface area contributed by atoms with E-state index in [0.717, 1.165) is 12.0 Å². The van der Waals surface area contributed by atoms with E-state index in [2.05, 4.69) is 13.8 Å². The highest BCUT2D eigenvalue weighted by Crippen LogP contribution is 2.33. The standard InChI is InChI=1S/C16H24O4/c1-6-11(3)14-8-9-15(20-13(5)18-7-2)16(10-14)19-12(4)17/h8-11,13H,6-7H2,1-5H3. The molecule has 0 saturated heterocycles. The van der Waals surface area contributed by atoms with Crippen LogP contribution < -0.4 is 9.47 Å². The van der Waals surface area contributed by atoms with Gasteiger partial charge in [0.1, 0.15) is 0 Å². The molecule has 0 aliphatic rings. The molecule has 0 amide bonds. The van der Waals surface area contributed by atoms with E-state index in [1.807, 2.05) is 32.0 Å². The van der Waals surface area contributed by atoms with Crippen molar-refractivity contribution in [1.82, 2.24) is 0 Å². The molecule has 0 aliphatic heterocycles. The molecule has 112 valence electrons. The van der Waals surface area contributed by atoms with Crippen LogP contribution in [-0.4, -0.2) is 18.9 Å². The molecule has 0 bridgehead atoms. The zero-order valence-corrected chi connectivity index (χ0v) is 12.9. The van der Waals surface area contributed by atoms with Crippen LogP contribution in [0.5, 0.6) is 11.5 Å². The van der Waals surface area contributed by atoms with E-state index in [1.165, 1.54) is 6.92 Å². The van der Waals surface area contributed by atoms with Gasteiger partial charge >= 0.3 is 5.97 Å². The number of carbonyl (C=O) groups is 1. The van der Waals surface area contributed by atoms with E-state index >= 15 is 0 Å². The van der Waals surface area contributed by atoms with Crippen LogP contribution in [0.25, 0.3) is 0 Å². The average molecular weight is 280 g/mol. The van der Waals surface area contributed by atoms with Gasteiger partial charge in [0.15, 0.2) is 17.8 Å². The molecule has 0 saturated carbocycles. The van der Waals surface area contributed by atoms with Crippen LogP contribution in [0.15, 0.2) is 18.2 Å². The lowest BCUT2D eigenvalue weighted by atomic mass is 9.98. The summed E-state index contributed by atoms with van der Waals surface area (Å²) in [5.74, 6) is 1.01. The largest absolute Gasteiger partial charge is 0.461 e. The Bertz CT molecular complexity index is 442. The summed E-state index contributed by atoms with van der Waals surface area (Å²) in [5.41, 5.74) is 1.13. The Kier molecular flexibility index (Phi) is 6.52. The third kappa shape index (κ3) is 4.85. The molecule has 2 unspecified atom stereocenters. The molecule has 0 N–H and O–H groups in total. The van der Waals surface area contributed by atoms with Gasteiger partial charge in [-0.15, -0.1) is 0 Å². The topological polar surface area (TPSA) is 44.8 Å². The van der Waals surface area contributed by atoms with Gasteiger partial charge in [0, 0.05) is 13.5 Å². The molecule has 0 aromatic heterocycles. The van der Waals surface area contributed by atoms with Crippen LogP contribution in [-0.2, 0) is 9.53 Å². The predicted molar refractivity (Wildman–Crippen MR) is 78.2 cm³/mol. The fraction of sp³-hybridized carbons (Fsp3) is 0.562. The molecule has 0 spiro atoms. The van der Waals surface area contributed by atoms with Crippen molar-refractivity contribution in [1.29, 1.82) is 0 Å². The van der Waals surface area contributed by atoms with Gasteiger partial charge in [0.25, 0.3) is 0 Å². The first-order chi connectivity index (χ1) is 9.47. The second-order valence-corrected chi connectivity index (χ2v) is 4.75. The molecular formula is C16H24O4. The third-order valence-corrected chi connectivity index (χ3v) is 3.10. The summed E-state index contributed by atoms with van der Waals surface area (Å²) in [6.07, 6.45) is 0.637. The molecule has 2 atom stereocenters. The smallest absolute Gasteiger partial charge is 0.308 e. The van der Waals surface area contributed by atoms with Gasteiger partial charge in [-0.1, -0.05) is 19.9 Å². The van der Waals surface area contributed by atoms with Crippen LogP contribution in [0.4, 0.5) is 0 Å². The lowest BCUT2D eigenvalue weighted by molar-refractivity contribution is -0.132. The predicted octanol–water partition coefficient (Wildman–Crippen LogP) is 3.89. The normalized spacial score (nSPS) is 13.7. The van der Waals surface area contributed by atoms with Crippen molar-refractivity contribution in [2.45, 2.75) is 53.2 Å². The molecule has 4 nitrogen and oxygen atoms in total. The molecule has 0 radical (unpaired) electrons. The highest BCUT2D eigenvalue weighted by atomic mass is 16.7. The Morgan fingerprint density at radius 3 is 2.45 bits per heavy atom. The van der Waals surface area contributed by atoms with Gasteiger partial charge < -0.3 is 14.2 Å². The molecule has 1 rings (SSSR count). The minimum atomic E-state index is -0.385. The van der Waals surface area contributed by atoms with Crippen LogP contribution in [0, 0.1) is 0 Å². The van der Waals surface area contributed by atoms with E-state index in [0.29, 0.717) is 24.0 Å². The lowest BCUT2D eigenvalue weighted by Gasteiger charge is -2.18. The molecule has 0 heterocycles. The minimum absolute atomic E-state index is 0.361. The lowest BCUT2D eigenvalue weighted by Crippen LogP contribution is -2.17. The monoisotopic (exact) mass is 280 g/mol. The molecule has 4 heteroatoms. The first-order valence-electron chi connectivity index (χ1n) is 7.08. The van der Waals surface area contributed by atoms with Crippen LogP contribution in [0.3, 0.4) is 0 Å². The number of carbonyl (C=O) groups excluding carboxylic acids is 1. The summed E-state index contributed by atoms with van der Waals surface area (Å²) < 4.78 is 16.2. The van der Waals surface area contributed by atoms with Gasteiger partial charge in [0.05, 0.1) is 0 Å². The first kappa shape index (κ1) is 16.5. The zero-order valence-electron chi connectivity index (χ0n) is 12.9. The van der Waals surface area contributed by atoms with Crippen molar-refractivity contribution in [2.24, 2.45) is 0 Å². The molecule has 20 heavy (non-hydrogen) atoms. The summed E-state index contributed by atoms with van der Waals surface area (Å²) in [6.45, 7) is 9.91. The Morgan fingerprint density at radius 1 is 1.20 bits per heavy atom. The van der Waals surface area contributed by atoms with E-state index in [4.69, 9.17) is 14.2 Å². The Labute approximate surface area is 121 Å². The van der Waals surface area contributed by atoms with E-state index in [1.54, 1.807) is 0 Å². The maximum absolute atomic E-state index is 11.2. The maximum Gasteiger partial charge on any atom is 0.308 e. The number of hydrogen-bond acceptors (Lipinski definition) is 4. The van der Waals surface area contributed by atoms with Gasteiger partial charge in [-0.3, -0.25) is 4.79 Å². The maximum atomic E-state index is 11.2. The number of rotatable bonds is 7. The zero-order chi connectivity index (χ0) is 15.1. The van der Waals surface area contributed by atoms with Crippen molar-refractivity contribution in [2.75, 3.05) is 6.61 Å². The number of esters is 1. The summed E-state index contributed by atoms with van der Waals surface area (Å²) >= 11 is 0. The summed E-state index contributed by atoms with van der Waals surface area (Å²) in [4.78, 5) is 11.2. The first-order valence-corrected chi connectivity index (χ1v) is 7.08. The fourth-order valence-corrected chi connectivity index (χ4v) is 1.85. The van der Waals surface area contributed by atoms with Crippen molar-refractivity contribution in [3.8, 4) is 11.5 Å². The van der Waals surface area contributed by atoms with E-state index in [9.17, 15) is 4.79 Å². The quantitative estimate of drug-likeness (QED) is 0.432.